The first-order valence-corrected chi connectivity index (χ1v) is 10.6. The molecule has 3 rings (SSSR count). The van der Waals surface area contributed by atoms with Gasteiger partial charge in [-0.25, -0.2) is 9.59 Å². The summed E-state index contributed by atoms with van der Waals surface area (Å²) in [5.74, 6) is -0.543. The smallest absolute Gasteiger partial charge is 0.408 e. The molecule has 1 amide bonds. The molecule has 0 unspecified atom stereocenters. The molecule has 0 aromatic heterocycles. The molecule has 1 atom stereocenters. The Morgan fingerprint density at radius 2 is 1.45 bits per heavy atom. The largest absolute Gasteiger partial charge is 0.465 e. The van der Waals surface area contributed by atoms with Crippen LogP contribution >= 0.6 is 0 Å². The van der Waals surface area contributed by atoms with Crippen molar-refractivity contribution < 1.29 is 28.9 Å². The normalized spacial score (nSPS) is 16.3. The molecule has 0 spiro atoms. The maximum atomic E-state index is 12.8. The second-order valence-electron chi connectivity index (χ2n) is 7.55. The van der Waals surface area contributed by atoms with Crippen LogP contribution in [-0.4, -0.2) is 54.0 Å². The number of likely N-dealkylation sites (tertiary alicyclic amines) is 1. The second kappa shape index (κ2) is 12.1. The SMILES string of the molecule is O=C(OC(COCc1ccccc1)COCc1ccccc1)[C@@H]1CCCCN1C(=O)O. The van der Waals surface area contributed by atoms with Crippen LogP contribution in [0.5, 0.6) is 0 Å². The van der Waals surface area contributed by atoms with Gasteiger partial charge in [0.05, 0.1) is 26.4 Å². The number of amides is 1. The number of hydrogen-bond acceptors (Lipinski definition) is 5. The van der Waals surface area contributed by atoms with Crippen LogP contribution < -0.4 is 0 Å². The van der Waals surface area contributed by atoms with E-state index in [2.05, 4.69) is 0 Å². The summed E-state index contributed by atoms with van der Waals surface area (Å²) in [5.41, 5.74) is 2.03. The van der Waals surface area contributed by atoms with Gasteiger partial charge in [-0.1, -0.05) is 60.7 Å². The summed E-state index contributed by atoms with van der Waals surface area (Å²) >= 11 is 0. The van der Waals surface area contributed by atoms with Gasteiger partial charge >= 0.3 is 12.1 Å². The van der Waals surface area contributed by atoms with Crippen molar-refractivity contribution in [2.75, 3.05) is 19.8 Å². The van der Waals surface area contributed by atoms with Crippen molar-refractivity contribution in [3.63, 3.8) is 0 Å². The zero-order chi connectivity index (χ0) is 21.9. The van der Waals surface area contributed by atoms with E-state index in [1.165, 1.54) is 4.90 Å². The summed E-state index contributed by atoms with van der Waals surface area (Å²) in [6, 6.07) is 18.7. The van der Waals surface area contributed by atoms with Crippen LogP contribution in [0.25, 0.3) is 0 Å². The summed E-state index contributed by atoms with van der Waals surface area (Å²) in [7, 11) is 0. The van der Waals surface area contributed by atoms with Crippen LogP contribution in [0, 0.1) is 0 Å². The maximum absolute atomic E-state index is 12.8. The fourth-order valence-corrected chi connectivity index (χ4v) is 3.53. The third-order valence-corrected chi connectivity index (χ3v) is 5.13. The van der Waals surface area contributed by atoms with Crippen LogP contribution in [-0.2, 0) is 32.2 Å². The van der Waals surface area contributed by atoms with Gasteiger partial charge < -0.3 is 19.3 Å². The molecule has 7 heteroatoms. The van der Waals surface area contributed by atoms with Crippen LogP contribution in [0.4, 0.5) is 4.79 Å². The highest BCUT2D eigenvalue weighted by Gasteiger charge is 2.34. The molecule has 0 saturated carbocycles. The quantitative estimate of drug-likeness (QED) is 0.580. The van der Waals surface area contributed by atoms with E-state index >= 15 is 0 Å². The zero-order valence-electron chi connectivity index (χ0n) is 17.5. The molecular weight excluding hydrogens is 398 g/mol. The summed E-state index contributed by atoms with van der Waals surface area (Å²) in [6.45, 7) is 1.44. The fraction of sp³-hybridized carbons (Fsp3) is 0.417. The molecule has 7 nitrogen and oxygen atoms in total. The summed E-state index contributed by atoms with van der Waals surface area (Å²) in [4.78, 5) is 25.4. The average Bonchev–Trinajstić information content (AvgIpc) is 2.80. The molecule has 0 bridgehead atoms. The van der Waals surface area contributed by atoms with E-state index < -0.39 is 24.2 Å². The molecule has 1 N–H and O–H groups in total. The van der Waals surface area contributed by atoms with E-state index in [0.29, 0.717) is 26.2 Å². The van der Waals surface area contributed by atoms with E-state index in [1.54, 1.807) is 0 Å². The molecule has 2 aromatic carbocycles. The number of hydrogen-bond donors (Lipinski definition) is 1. The highest BCUT2D eigenvalue weighted by molar-refractivity contribution is 5.81. The summed E-state index contributed by atoms with van der Waals surface area (Å²) in [5, 5.41) is 9.40. The van der Waals surface area contributed by atoms with E-state index in [4.69, 9.17) is 14.2 Å². The van der Waals surface area contributed by atoms with Gasteiger partial charge in [0.2, 0.25) is 0 Å². The Morgan fingerprint density at radius 1 is 0.903 bits per heavy atom. The van der Waals surface area contributed by atoms with Gasteiger partial charge in [-0.15, -0.1) is 0 Å². The second-order valence-corrected chi connectivity index (χ2v) is 7.55. The molecule has 1 aliphatic rings. The molecule has 0 aliphatic carbocycles. The highest BCUT2D eigenvalue weighted by atomic mass is 16.6. The monoisotopic (exact) mass is 427 g/mol. The van der Waals surface area contributed by atoms with E-state index in [1.807, 2.05) is 60.7 Å². The van der Waals surface area contributed by atoms with E-state index in [-0.39, 0.29) is 13.2 Å². The lowest BCUT2D eigenvalue weighted by Crippen LogP contribution is -2.49. The van der Waals surface area contributed by atoms with Crippen molar-refractivity contribution in [2.45, 2.75) is 44.6 Å². The Kier molecular flexibility index (Phi) is 8.87. The number of carbonyl (C=O) groups is 2. The van der Waals surface area contributed by atoms with Crippen molar-refractivity contribution >= 4 is 12.1 Å². The summed E-state index contributed by atoms with van der Waals surface area (Å²) < 4.78 is 17.2. The molecule has 166 valence electrons. The topological polar surface area (TPSA) is 85.3 Å². The molecule has 1 aliphatic heterocycles. The lowest BCUT2D eigenvalue weighted by molar-refractivity contribution is -0.163. The van der Waals surface area contributed by atoms with Gasteiger partial charge in [0.1, 0.15) is 12.1 Å². The van der Waals surface area contributed by atoms with Crippen molar-refractivity contribution in [3.8, 4) is 0 Å². The number of carboxylic acid groups (broad SMARTS) is 1. The third-order valence-electron chi connectivity index (χ3n) is 5.13. The molecule has 2 aromatic rings. The number of nitrogens with zero attached hydrogens (tertiary/aromatic N) is 1. The van der Waals surface area contributed by atoms with Gasteiger partial charge in [0.15, 0.2) is 0 Å². The van der Waals surface area contributed by atoms with Gasteiger partial charge in [0, 0.05) is 6.54 Å². The lowest BCUT2D eigenvalue weighted by atomic mass is 10.0. The Labute approximate surface area is 182 Å². The number of esters is 1. The third kappa shape index (κ3) is 7.38. The predicted octanol–water partition coefficient (Wildman–Crippen LogP) is 3.86. The van der Waals surface area contributed by atoms with Gasteiger partial charge in [0.25, 0.3) is 0 Å². The van der Waals surface area contributed by atoms with Crippen molar-refractivity contribution in [1.82, 2.24) is 4.90 Å². The van der Waals surface area contributed by atoms with Gasteiger partial charge in [-0.05, 0) is 30.4 Å². The van der Waals surface area contributed by atoms with Crippen LogP contribution in [0.15, 0.2) is 60.7 Å². The first-order chi connectivity index (χ1) is 15.1. The number of piperidine rings is 1. The Bertz CT molecular complexity index is 768. The average molecular weight is 427 g/mol. The fourth-order valence-electron chi connectivity index (χ4n) is 3.53. The Balaban J connectivity index is 1.56. The molecule has 1 fully saturated rings. The minimum Gasteiger partial charge on any atom is -0.465 e. The first kappa shape index (κ1) is 22.8. The number of carbonyl (C=O) groups excluding carboxylic acids is 1. The molecule has 1 saturated heterocycles. The molecule has 31 heavy (non-hydrogen) atoms. The van der Waals surface area contributed by atoms with Crippen LogP contribution in [0.1, 0.15) is 30.4 Å². The van der Waals surface area contributed by atoms with Gasteiger partial charge in [-0.3, -0.25) is 4.90 Å². The van der Waals surface area contributed by atoms with Crippen molar-refractivity contribution in [2.24, 2.45) is 0 Å². The van der Waals surface area contributed by atoms with Gasteiger partial charge in [-0.2, -0.15) is 0 Å². The van der Waals surface area contributed by atoms with E-state index in [0.717, 1.165) is 24.0 Å². The highest BCUT2D eigenvalue weighted by Crippen LogP contribution is 2.19. The minimum absolute atomic E-state index is 0.162. The first-order valence-electron chi connectivity index (χ1n) is 10.6. The molecule has 1 heterocycles. The molecule has 0 radical (unpaired) electrons. The zero-order valence-corrected chi connectivity index (χ0v) is 17.5. The predicted molar refractivity (Wildman–Crippen MR) is 114 cm³/mol. The Hall–Kier alpha value is -2.90. The minimum atomic E-state index is -1.10. The number of benzene rings is 2. The standard InChI is InChI=1S/C24H29NO6/c26-23(22-13-7-8-14-25(22)24(27)28)31-21(17-29-15-19-9-3-1-4-10-19)18-30-16-20-11-5-2-6-12-20/h1-6,9-12,21-22H,7-8,13-18H2,(H,27,28)/t22-/m0/s1. The number of ether oxygens (including phenoxy) is 3. The Morgan fingerprint density at radius 3 is 1.97 bits per heavy atom. The number of rotatable bonds is 10. The van der Waals surface area contributed by atoms with Crippen LogP contribution in [0.3, 0.4) is 0 Å². The maximum Gasteiger partial charge on any atom is 0.408 e. The van der Waals surface area contributed by atoms with E-state index in [9.17, 15) is 14.7 Å². The van der Waals surface area contributed by atoms with Crippen LogP contribution in [0.2, 0.25) is 0 Å². The summed E-state index contributed by atoms with van der Waals surface area (Å²) in [6.07, 6.45) is 0.285. The molecular formula is C24H29NO6. The van der Waals surface area contributed by atoms with Crippen molar-refractivity contribution in [3.05, 3.63) is 71.8 Å². The lowest BCUT2D eigenvalue weighted by Gasteiger charge is -2.32. The van der Waals surface area contributed by atoms with Crippen molar-refractivity contribution in [1.29, 1.82) is 0 Å².